The molecule has 4 N–H and O–H groups in total. The van der Waals surface area contributed by atoms with Gasteiger partial charge in [0.15, 0.2) is 11.5 Å². The van der Waals surface area contributed by atoms with Crippen molar-refractivity contribution < 1.29 is 0 Å². The molecule has 7 heteroatoms. The number of nitrogens with zero attached hydrogens (tertiary/aromatic N) is 3. The van der Waals surface area contributed by atoms with Crippen molar-refractivity contribution in [3.8, 4) is 11.5 Å². The summed E-state index contributed by atoms with van der Waals surface area (Å²) in [6.45, 7) is 0.611. The number of hydrogen-bond acceptors (Lipinski definition) is 6. The van der Waals surface area contributed by atoms with Crippen LogP contribution in [0, 0.1) is 0 Å². The van der Waals surface area contributed by atoms with Gasteiger partial charge in [0.25, 0.3) is 0 Å². The van der Waals surface area contributed by atoms with Crippen molar-refractivity contribution in [3.63, 3.8) is 0 Å². The quantitative estimate of drug-likeness (QED) is 0.672. The predicted molar refractivity (Wildman–Crippen MR) is 77.3 cm³/mol. The van der Waals surface area contributed by atoms with Crippen molar-refractivity contribution in [1.82, 2.24) is 19.9 Å². The van der Waals surface area contributed by atoms with Gasteiger partial charge in [0.1, 0.15) is 11.5 Å². The highest BCUT2D eigenvalue weighted by Gasteiger charge is 2.10. The number of nitrogens with one attached hydrogen (secondary N) is 2. The molecule has 0 aromatic carbocycles. The van der Waals surface area contributed by atoms with Crippen LogP contribution in [0.15, 0.2) is 17.5 Å². The van der Waals surface area contributed by atoms with Gasteiger partial charge in [-0.2, -0.15) is 0 Å². The Hall–Kier alpha value is -1.99. The molecule has 0 aliphatic heterocycles. The number of H-pyrrole nitrogens is 1. The van der Waals surface area contributed by atoms with E-state index in [1.807, 2.05) is 24.6 Å². The second-order valence-corrected chi connectivity index (χ2v) is 5.01. The van der Waals surface area contributed by atoms with Crippen molar-refractivity contribution in [3.05, 3.63) is 22.5 Å². The summed E-state index contributed by atoms with van der Waals surface area (Å²) in [6.07, 6.45) is 0.799. The van der Waals surface area contributed by atoms with E-state index in [1.165, 1.54) is 0 Å². The average molecular weight is 274 g/mol. The van der Waals surface area contributed by atoms with Gasteiger partial charge in [-0.05, 0) is 18.7 Å². The van der Waals surface area contributed by atoms with Crippen molar-refractivity contribution in [1.29, 1.82) is 0 Å². The second kappa shape index (κ2) is 4.94. The Morgan fingerprint density at radius 2 is 2.21 bits per heavy atom. The molecule has 0 amide bonds. The minimum Gasteiger partial charge on any atom is -0.373 e. The van der Waals surface area contributed by atoms with Crippen LogP contribution in [0.1, 0.15) is 5.01 Å². The molecular weight excluding hydrogens is 260 g/mol. The Kier molecular flexibility index (Phi) is 3.14. The maximum Gasteiger partial charge on any atom is 0.180 e. The molecule has 3 heterocycles. The number of anilines is 1. The van der Waals surface area contributed by atoms with Crippen LogP contribution in [0.3, 0.4) is 0 Å². The van der Waals surface area contributed by atoms with E-state index in [4.69, 9.17) is 5.73 Å². The highest BCUT2D eigenvalue weighted by Crippen LogP contribution is 2.22. The molecule has 0 aliphatic carbocycles. The lowest BCUT2D eigenvalue weighted by Gasteiger charge is -1.95. The maximum atomic E-state index is 5.53. The summed E-state index contributed by atoms with van der Waals surface area (Å²) in [4.78, 5) is 16.6. The van der Waals surface area contributed by atoms with Crippen molar-refractivity contribution in [2.45, 2.75) is 6.42 Å². The summed E-state index contributed by atoms with van der Waals surface area (Å²) in [7, 11) is 1.83. The third-order valence-corrected chi connectivity index (χ3v) is 3.66. The van der Waals surface area contributed by atoms with E-state index in [0.717, 1.165) is 34.3 Å². The Morgan fingerprint density at radius 1 is 1.32 bits per heavy atom. The lowest BCUT2D eigenvalue weighted by molar-refractivity contribution is 0.953. The minimum atomic E-state index is 0.611. The SMILES string of the molecule is CNc1ccc2[nH]c(-c3csc(CCN)n3)nc2n1. The lowest BCUT2D eigenvalue weighted by atomic mass is 10.4. The molecule has 0 atom stereocenters. The van der Waals surface area contributed by atoms with Gasteiger partial charge in [0, 0.05) is 18.8 Å². The predicted octanol–water partition coefficient (Wildman–Crippen LogP) is 1.62. The van der Waals surface area contributed by atoms with E-state index in [0.29, 0.717) is 12.2 Å². The van der Waals surface area contributed by atoms with E-state index in [2.05, 4.69) is 25.3 Å². The van der Waals surface area contributed by atoms with Crippen LogP contribution in [0.5, 0.6) is 0 Å². The molecule has 0 bridgehead atoms. The molecule has 3 rings (SSSR count). The first kappa shape index (κ1) is 12.1. The third kappa shape index (κ3) is 2.29. The van der Waals surface area contributed by atoms with Crippen LogP contribution in [0.25, 0.3) is 22.7 Å². The Balaban J connectivity index is 1.99. The molecule has 0 aliphatic rings. The first-order valence-corrected chi connectivity index (χ1v) is 6.87. The van der Waals surface area contributed by atoms with Crippen LogP contribution in [-0.4, -0.2) is 33.5 Å². The van der Waals surface area contributed by atoms with Gasteiger partial charge in [-0.25, -0.2) is 15.0 Å². The topological polar surface area (TPSA) is 92.5 Å². The van der Waals surface area contributed by atoms with Gasteiger partial charge in [0.05, 0.1) is 10.5 Å². The zero-order valence-electron chi connectivity index (χ0n) is 10.5. The molecule has 0 spiro atoms. The number of aromatic nitrogens is 4. The molecule has 0 unspecified atom stereocenters. The fraction of sp³-hybridized carbons (Fsp3) is 0.250. The molecule has 0 fully saturated rings. The number of aromatic amines is 1. The number of fused-ring (bicyclic) bond motifs is 1. The summed E-state index contributed by atoms with van der Waals surface area (Å²) in [5, 5.41) is 6.01. The molecule has 0 saturated heterocycles. The van der Waals surface area contributed by atoms with E-state index >= 15 is 0 Å². The summed E-state index contributed by atoms with van der Waals surface area (Å²) in [5.41, 5.74) is 7.97. The zero-order valence-corrected chi connectivity index (χ0v) is 11.3. The Bertz CT molecular complexity index is 701. The van der Waals surface area contributed by atoms with Gasteiger partial charge in [-0.3, -0.25) is 0 Å². The fourth-order valence-corrected chi connectivity index (χ4v) is 2.61. The van der Waals surface area contributed by atoms with E-state index < -0.39 is 0 Å². The van der Waals surface area contributed by atoms with Gasteiger partial charge in [-0.15, -0.1) is 11.3 Å². The van der Waals surface area contributed by atoms with Gasteiger partial charge in [0.2, 0.25) is 0 Å². The molecule has 0 radical (unpaired) electrons. The second-order valence-electron chi connectivity index (χ2n) is 4.07. The smallest absolute Gasteiger partial charge is 0.180 e. The number of nitrogens with two attached hydrogens (primary N) is 1. The van der Waals surface area contributed by atoms with Gasteiger partial charge in [-0.1, -0.05) is 0 Å². The summed E-state index contributed by atoms with van der Waals surface area (Å²) in [6, 6.07) is 3.86. The Morgan fingerprint density at radius 3 is 3.00 bits per heavy atom. The van der Waals surface area contributed by atoms with Crippen LogP contribution in [0.4, 0.5) is 5.82 Å². The van der Waals surface area contributed by atoms with E-state index in [9.17, 15) is 0 Å². The number of rotatable bonds is 4. The van der Waals surface area contributed by atoms with Gasteiger partial charge >= 0.3 is 0 Å². The number of thiazole rings is 1. The molecular formula is C12H14N6S. The standard InChI is InChI=1S/C12H14N6S/c1-14-9-3-2-7-11(17-9)18-12(16-7)8-6-19-10(15-8)4-5-13/h2-3,6H,4-5,13H2,1H3,(H2,14,16,17,18). The number of pyridine rings is 1. The van der Waals surface area contributed by atoms with Crippen LogP contribution < -0.4 is 11.1 Å². The van der Waals surface area contributed by atoms with Crippen molar-refractivity contribution >= 4 is 28.3 Å². The first-order chi connectivity index (χ1) is 9.30. The Labute approximate surface area is 114 Å². The molecule has 19 heavy (non-hydrogen) atoms. The minimum absolute atomic E-state index is 0.611. The van der Waals surface area contributed by atoms with Crippen LogP contribution in [0.2, 0.25) is 0 Å². The average Bonchev–Trinajstić information content (AvgIpc) is 3.03. The van der Waals surface area contributed by atoms with E-state index in [1.54, 1.807) is 11.3 Å². The van der Waals surface area contributed by atoms with E-state index in [-0.39, 0.29) is 0 Å². The molecule has 3 aromatic rings. The van der Waals surface area contributed by atoms with Crippen LogP contribution >= 0.6 is 11.3 Å². The number of imidazole rings is 1. The van der Waals surface area contributed by atoms with Gasteiger partial charge < -0.3 is 16.0 Å². The van der Waals surface area contributed by atoms with Crippen molar-refractivity contribution in [2.75, 3.05) is 18.9 Å². The number of hydrogen-bond donors (Lipinski definition) is 3. The molecule has 3 aromatic heterocycles. The molecule has 6 nitrogen and oxygen atoms in total. The largest absolute Gasteiger partial charge is 0.373 e. The molecule has 98 valence electrons. The monoisotopic (exact) mass is 274 g/mol. The highest BCUT2D eigenvalue weighted by molar-refractivity contribution is 7.09. The zero-order chi connectivity index (χ0) is 13.2. The summed E-state index contributed by atoms with van der Waals surface area (Å²) < 4.78 is 0. The molecule has 0 saturated carbocycles. The summed E-state index contributed by atoms with van der Waals surface area (Å²) in [5.74, 6) is 1.54. The third-order valence-electron chi connectivity index (χ3n) is 2.75. The maximum absolute atomic E-state index is 5.53. The normalized spacial score (nSPS) is 11.1. The lowest BCUT2D eigenvalue weighted by Crippen LogP contribution is -2.02. The first-order valence-electron chi connectivity index (χ1n) is 5.99. The highest BCUT2D eigenvalue weighted by atomic mass is 32.1. The van der Waals surface area contributed by atoms with Crippen LogP contribution in [-0.2, 0) is 6.42 Å². The summed E-state index contributed by atoms with van der Waals surface area (Å²) >= 11 is 1.60. The fourth-order valence-electron chi connectivity index (χ4n) is 1.81. The van der Waals surface area contributed by atoms with Crippen molar-refractivity contribution in [2.24, 2.45) is 5.73 Å².